The molecule has 0 saturated carbocycles. The molecule has 4 rings (SSSR count). The average molecular weight is 353 g/mol. The van der Waals surface area contributed by atoms with E-state index >= 15 is 0 Å². The van der Waals surface area contributed by atoms with E-state index in [-0.39, 0.29) is 6.10 Å². The predicted octanol–water partition coefficient (Wildman–Crippen LogP) is 2.73. The van der Waals surface area contributed by atoms with E-state index in [0.717, 1.165) is 49.3 Å². The molecule has 0 spiro atoms. The Morgan fingerprint density at radius 3 is 2.69 bits per heavy atom. The Morgan fingerprint density at radius 1 is 1.12 bits per heavy atom. The average Bonchev–Trinajstić information content (AvgIpc) is 3.15. The topological polar surface area (TPSA) is 67.5 Å². The minimum atomic E-state index is 0.0804. The van der Waals surface area contributed by atoms with Crippen LogP contribution in [0.4, 0.5) is 5.69 Å². The van der Waals surface area contributed by atoms with Gasteiger partial charge in [-0.1, -0.05) is 5.16 Å². The van der Waals surface area contributed by atoms with Gasteiger partial charge in [0, 0.05) is 44.5 Å². The number of ether oxygens (including phenoxy) is 1. The fraction of sp³-hybridized carbons (Fsp3) is 0.421. The van der Waals surface area contributed by atoms with Gasteiger partial charge in [0.1, 0.15) is 12.6 Å². The Labute approximate surface area is 152 Å². The van der Waals surface area contributed by atoms with Gasteiger partial charge in [0.25, 0.3) is 0 Å². The van der Waals surface area contributed by atoms with Gasteiger partial charge in [-0.15, -0.1) is 0 Å². The van der Waals surface area contributed by atoms with Crippen molar-refractivity contribution < 1.29 is 9.26 Å². The normalized spacial score (nSPS) is 15.7. The van der Waals surface area contributed by atoms with Crippen LogP contribution in [-0.4, -0.2) is 52.3 Å². The number of aromatic nitrogens is 3. The number of nitrogens with zero attached hydrogens (tertiary/aromatic N) is 5. The van der Waals surface area contributed by atoms with Crippen molar-refractivity contribution in [3.8, 4) is 5.88 Å². The van der Waals surface area contributed by atoms with Crippen LogP contribution in [0.1, 0.15) is 19.5 Å². The monoisotopic (exact) mass is 353 g/mol. The van der Waals surface area contributed by atoms with Crippen LogP contribution in [0.3, 0.4) is 0 Å². The molecule has 7 nitrogen and oxygen atoms in total. The lowest BCUT2D eigenvalue weighted by Crippen LogP contribution is -2.46. The van der Waals surface area contributed by atoms with E-state index in [0.29, 0.717) is 5.88 Å². The Balaban J connectivity index is 1.48. The molecule has 1 saturated heterocycles. The number of piperazine rings is 1. The van der Waals surface area contributed by atoms with E-state index in [4.69, 9.17) is 9.26 Å². The summed E-state index contributed by atoms with van der Waals surface area (Å²) < 4.78 is 10.8. The first-order valence-electron chi connectivity index (χ1n) is 8.97. The fourth-order valence-electron chi connectivity index (χ4n) is 3.25. The van der Waals surface area contributed by atoms with Crippen molar-refractivity contribution in [1.29, 1.82) is 0 Å². The standard InChI is InChI=1S/C19H23N5O2/c1-14(2)26-19-17-11-16(3-4-18(17)20-13-21-19)24-8-6-23(7-9-24)12-15-5-10-25-22-15/h3-5,10-11,13-14H,6-9,12H2,1-2H3. The van der Waals surface area contributed by atoms with Crippen LogP contribution in [0, 0.1) is 0 Å². The predicted molar refractivity (Wildman–Crippen MR) is 99.3 cm³/mol. The minimum Gasteiger partial charge on any atom is -0.474 e. The maximum absolute atomic E-state index is 5.85. The molecular formula is C19H23N5O2. The summed E-state index contributed by atoms with van der Waals surface area (Å²) in [6, 6.07) is 8.23. The number of hydrogen-bond acceptors (Lipinski definition) is 7. The lowest BCUT2D eigenvalue weighted by atomic mass is 10.2. The van der Waals surface area contributed by atoms with Crippen LogP contribution >= 0.6 is 0 Å². The van der Waals surface area contributed by atoms with Crippen LogP contribution in [-0.2, 0) is 6.54 Å². The van der Waals surface area contributed by atoms with Crippen LogP contribution in [0.15, 0.2) is 41.4 Å². The third-order valence-electron chi connectivity index (χ3n) is 4.54. The molecular weight excluding hydrogens is 330 g/mol. The molecule has 0 aliphatic carbocycles. The van der Waals surface area contributed by atoms with Gasteiger partial charge in [-0.3, -0.25) is 4.90 Å². The van der Waals surface area contributed by atoms with E-state index < -0.39 is 0 Å². The quantitative estimate of drug-likeness (QED) is 0.698. The third kappa shape index (κ3) is 3.62. The Morgan fingerprint density at radius 2 is 1.96 bits per heavy atom. The molecule has 0 unspecified atom stereocenters. The van der Waals surface area contributed by atoms with Gasteiger partial charge >= 0.3 is 0 Å². The summed E-state index contributed by atoms with van der Waals surface area (Å²) in [5.74, 6) is 0.650. The highest BCUT2D eigenvalue weighted by atomic mass is 16.5. The second-order valence-electron chi connectivity index (χ2n) is 6.80. The molecule has 1 aromatic carbocycles. The number of fused-ring (bicyclic) bond motifs is 1. The van der Waals surface area contributed by atoms with Gasteiger partial charge in [-0.05, 0) is 32.0 Å². The molecule has 1 aliphatic heterocycles. The summed E-state index contributed by atoms with van der Waals surface area (Å²) in [6.07, 6.45) is 3.26. The molecule has 136 valence electrons. The third-order valence-corrected chi connectivity index (χ3v) is 4.54. The van der Waals surface area contributed by atoms with E-state index in [9.17, 15) is 0 Å². The first-order chi connectivity index (χ1) is 12.7. The minimum absolute atomic E-state index is 0.0804. The number of hydrogen-bond donors (Lipinski definition) is 0. The molecule has 3 heterocycles. The molecule has 0 atom stereocenters. The van der Waals surface area contributed by atoms with Gasteiger partial charge in [-0.25, -0.2) is 9.97 Å². The first kappa shape index (κ1) is 16.8. The molecule has 3 aromatic rings. The van der Waals surface area contributed by atoms with Crippen molar-refractivity contribution in [2.75, 3.05) is 31.1 Å². The van der Waals surface area contributed by atoms with Gasteiger partial charge < -0.3 is 14.2 Å². The highest BCUT2D eigenvalue weighted by Gasteiger charge is 2.19. The van der Waals surface area contributed by atoms with E-state index in [2.05, 4.69) is 37.1 Å². The molecule has 0 N–H and O–H groups in total. The molecule has 2 aromatic heterocycles. The second kappa shape index (κ2) is 7.29. The largest absolute Gasteiger partial charge is 0.474 e. The summed E-state index contributed by atoms with van der Waals surface area (Å²) in [4.78, 5) is 13.5. The van der Waals surface area contributed by atoms with Gasteiger partial charge in [0.05, 0.1) is 22.7 Å². The van der Waals surface area contributed by atoms with Gasteiger partial charge in [-0.2, -0.15) is 0 Å². The molecule has 1 fully saturated rings. The molecule has 26 heavy (non-hydrogen) atoms. The highest BCUT2D eigenvalue weighted by molar-refractivity contribution is 5.86. The van der Waals surface area contributed by atoms with E-state index in [1.807, 2.05) is 26.0 Å². The number of rotatable bonds is 5. The van der Waals surface area contributed by atoms with Crippen LogP contribution < -0.4 is 9.64 Å². The lowest BCUT2D eigenvalue weighted by molar-refractivity contribution is 0.235. The lowest BCUT2D eigenvalue weighted by Gasteiger charge is -2.35. The van der Waals surface area contributed by atoms with E-state index in [1.165, 1.54) is 5.69 Å². The Hall–Kier alpha value is -2.67. The first-order valence-corrected chi connectivity index (χ1v) is 8.97. The fourth-order valence-corrected chi connectivity index (χ4v) is 3.25. The summed E-state index contributed by atoms with van der Waals surface area (Å²) in [7, 11) is 0. The van der Waals surface area contributed by atoms with Crippen LogP contribution in [0.2, 0.25) is 0 Å². The van der Waals surface area contributed by atoms with Crippen LogP contribution in [0.5, 0.6) is 5.88 Å². The smallest absolute Gasteiger partial charge is 0.224 e. The number of anilines is 1. The summed E-state index contributed by atoms with van der Waals surface area (Å²) in [5, 5.41) is 4.96. The summed E-state index contributed by atoms with van der Waals surface area (Å²) in [5.41, 5.74) is 3.07. The van der Waals surface area contributed by atoms with Crippen molar-refractivity contribution in [3.05, 3.63) is 42.5 Å². The molecule has 0 amide bonds. The highest BCUT2D eigenvalue weighted by Crippen LogP contribution is 2.28. The van der Waals surface area contributed by atoms with Crippen molar-refractivity contribution in [3.63, 3.8) is 0 Å². The van der Waals surface area contributed by atoms with Gasteiger partial charge in [0.15, 0.2) is 0 Å². The SMILES string of the molecule is CC(C)Oc1ncnc2ccc(N3CCN(Cc4ccon4)CC3)cc12. The summed E-state index contributed by atoms with van der Waals surface area (Å²) in [6.45, 7) is 8.77. The Bertz CT molecular complexity index is 858. The van der Waals surface area contributed by atoms with Crippen molar-refractivity contribution in [2.24, 2.45) is 0 Å². The Kier molecular flexibility index (Phi) is 4.71. The van der Waals surface area contributed by atoms with Crippen molar-refractivity contribution in [1.82, 2.24) is 20.0 Å². The maximum atomic E-state index is 5.85. The second-order valence-corrected chi connectivity index (χ2v) is 6.80. The van der Waals surface area contributed by atoms with Crippen LogP contribution in [0.25, 0.3) is 10.9 Å². The zero-order chi connectivity index (χ0) is 17.9. The molecule has 1 aliphatic rings. The summed E-state index contributed by atoms with van der Waals surface area (Å²) >= 11 is 0. The van der Waals surface area contributed by atoms with Crippen molar-refractivity contribution in [2.45, 2.75) is 26.5 Å². The zero-order valence-corrected chi connectivity index (χ0v) is 15.1. The van der Waals surface area contributed by atoms with Gasteiger partial charge in [0.2, 0.25) is 5.88 Å². The van der Waals surface area contributed by atoms with E-state index in [1.54, 1.807) is 12.6 Å². The zero-order valence-electron chi connectivity index (χ0n) is 15.1. The molecule has 7 heteroatoms. The molecule has 0 radical (unpaired) electrons. The number of benzene rings is 1. The molecule has 0 bridgehead atoms. The maximum Gasteiger partial charge on any atom is 0.224 e. The van der Waals surface area contributed by atoms with Crippen molar-refractivity contribution >= 4 is 16.6 Å².